The Morgan fingerprint density at radius 2 is 2.09 bits per heavy atom. The minimum Gasteiger partial charge on any atom is -0.497 e. The summed E-state index contributed by atoms with van der Waals surface area (Å²) in [5.41, 5.74) is 1.68. The predicted molar refractivity (Wildman–Crippen MR) is 86.9 cm³/mol. The molecule has 0 aliphatic heterocycles. The van der Waals surface area contributed by atoms with Gasteiger partial charge in [0.05, 0.1) is 25.5 Å². The summed E-state index contributed by atoms with van der Waals surface area (Å²) in [5, 5.41) is 10.9. The predicted octanol–water partition coefficient (Wildman–Crippen LogP) is 2.35. The van der Waals surface area contributed by atoms with Gasteiger partial charge >= 0.3 is 0 Å². The van der Waals surface area contributed by atoms with Crippen LogP contribution >= 0.6 is 11.5 Å². The van der Waals surface area contributed by atoms with Crippen molar-refractivity contribution in [2.24, 2.45) is 0 Å². The standard InChI is InChI=1S/C15H15N5O2S/c1-10-14(23-19-18-10)15(21)17-13-7-8-16-20(13)9-11-3-5-12(22-2)6-4-11/h3-8H,9H2,1-2H3,(H,17,21). The number of methoxy groups -OCH3 is 1. The maximum Gasteiger partial charge on any atom is 0.270 e. The Morgan fingerprint density at radius 1 is 1.30 bits per heavy atom. The van der Waals surface area contributed by atoms with E-state index in [9.17, 15) is 4.79 Å². The fourth-order valence-corrected chi connectivity index (χ4v) is 2.63. The topological polar surface area (TPSA) is 81.9 Å². The zero-order valence-corrected chi connectivity index (χ0v) is 13.5. The van der Waals surface area contributed by atoms with Gasteiger partial charge < -0.3 is 10.1 Å². The maximum atomic E-state index is 12.2. The Balaban J connectivity index is 1.74. The minimum atomic E-state index is -0.228. The van der Waals surface area contributed by atoms with Crippen LogP contribution in [0.1, 0.15) is 20.9 Å². The van der Waals surface area contributed by atoms with Crippen LogP contribution in [-0.2, 0) is 6.54 Å². The van der Waals surface area contributed by atoms with Gasteiger partial charge in [0.1, 0.15) is 16.4 Å². The fraction of sp³-hybridized carbons (Fsp3) is 0.200. The van der Waals surface area contributed by atoms with Crippen molar-refractivity contribution < 1.29 is 9.53 Å². The Bertz CT molecular complexity index is 809. The van der Waals surface area contributed by atoms with Gasteiger partial charge in [0.2, 0.25) is 0 Å². The van der Waals surface area contributed by atoms with E-state index in [2.05, 4.69) is 20.0 Å². The van der Waals surface area contributed by atoms with E-state index in [1.165, 1.54) is 0 Å². The zero-order chi connectivity index (χ0) is 16.2. The van der Waals surface area contributed by atoms with Crippen molar-refractivity contribution in [3.63, 3.8) is 0 Å². The molecule has 0 fully saturated rings. The summed E-state index contributed by atoms with van der Waals surface area (Å²) >= 11 is 1.08. The van der Waals surface area contributed by atoms with Gasteiger partial charge in [0, 0.05) is 6.07 Å². The molecule has 0 saturated carbocycles. The van der Waals surface area contributed by atoms with Gasteiger partial charge in [-0.2, -0.15) is 5.10 Å². The molecule has 3 aromatic rings. The number of hydrogen-bond donors (Lipinski definition) is 1. The zero-order valence-electron chi connectivity index (χ0n) is 12.7. The van der Waals surface area contributed by atoms with Crippen LogP contribution in [0.5, 0.6) is 5.75 Å². The summed E-state index contributed by atoms with van der Waals surface area (Å²) in [6, 6.07) is 9.46. The van der Waals surface area contributed by atoms with Crippen molar-refractivity contribution in [1.82, 2.24) is 19.4 Å². The lowest BCUT2D eigenvalue weighted by Crippen LogP contribution is -2.16. The first-order valence-corrected chi connectivity index (χ1v) is 7.70. The quantitative estimate of drug-likeness (QED) is 0.777. The molecule has 2 heterocycles. The summed E-state index contributed by atoms with van der Waals surface area (Å²) < 4.78 is 10.6. The van der Waals surface area contributed by atoms with E-state index in [0.717, 1.165) is 22.8 Å². The number of aryl methyl sites for hydroxylation is 1. The number of hydrogen-bond acceptors (Lipinski definition) is 6. The molecule has 0 atom stereocenters. The molecule has 0 unspecified atom stereocenters. The number of rotatable bonds is 5. The van der Waals surface area contributed by atoms with Crippen LogP contribution in [0.4, 0.5) is 5.82 Å². The molecule has 1 N–H and O–H groups in total. The normalized spacial score (nSPS) is 10.5. The third kappa shape index (κ3) is 3.37. The van der Waals surface area contributed by atoms with Crippen LogP contribution in [0.3, 0.4) is 0 Å². The van der Waals surface area contributed by atoms with Crippen molar-refractivity contribution >= 4 is 23.3 Å². The van der Waals surface area contributed by atoms with Crippen molar-refractivity contribution in [3.05, 3.63) is 52.7 Å². The number of carbonyl (C=O) groups excluding carboxylic acids is 1. The molecule has 0 bridgehead atoms. The largest absolute Gasteiger partial charge is 0.497 e. The van der Waals surface area contributed by atoms with Crippen LogP contribution < -0.4 is 10.1 Å². The average molecular weight is 329 g/mol. The van der Waals surface area contributed by atoms with Crippen LogP contribution in [-0.4, -0.2) is 32.4 Å². The molecule has 8 heteroatoms. The first-order valence-electron chi connectivity index (χ1n) is 6.92. The Hall–Kier alpha value is -2.74. The lowest BCUT2D eigenvalue weighted by molar-refractivity contribution is 0.102. The van der Waals surface area contributed by atoms with Crippen LogP contribution in [0.2, 0.25) is 0 Å². The van der Waals surface area contributed by atoms with Gasteiger partial charge in [0.25, 0.3) is 5.91 Å². The molecule has 0 radical (unpaired) electrons. The van der Waals surface area contributed by atoms with Crippen molar-refractivity contribution in [2.45, 2.75) is 13.5 Å². The number of ether oxygens (including phenoxy) is 1. The number of nitrogens with one attached hydrogen (secondary N) is 1. The number of benzene rings is 1. The highest BCUT2D eigenvalue weighted by molar-refractivity contribution is 7.08. The molecule has 2 aromatic heterocycles. The van der Waals surface area contributed by atoms with Crippen LogP contribution in [0, 0.1) is 6.92 Å². The first-order chi connectivity index (χ1) is 11.2. The first kappa shape index (κ1) is 15.2. The molecule has 0 aliphatic rings. The Labute approximate surface area is 137 Å². The summed E-state index contributed by atoms with van der Waals surface area (Å²) in [4.78, 5) is 12.7. The molecular formula is C15H15N5O2S. The molecular weight excluding hydrogens is 314 g/mol. The molecule has 1 aromatic carbocycles. The minimum absolute atomic E-state index is 0.228. The van der Waals surface area contributed by atoms with Gasteiger partial charge in [-0.05, 0) is 36.2 Å². The molecule has 3 rings (SSSR count). The molecule has 7 nitrogen and oxygen atoms in total. The Kier molecular flexibility index (Phi) is 4.33. The molecule has 0 aliphatic carbocycles. The van der Waals surface area contributed by atoms with E-state index < -0.39 is 0 Å². The van der Waals surface area contributed by atoms with Crippen LogP contribution in [0.15, 0.2) is 36.5 Å². The lowest BCUT2D eigenvalue weighted by Gasteiger charge is -2.09. The molecule has 0 spiro atoms. The summed E-state index contributed by atoms with van der Waals surface area (Å²) in [6.45, 7) is 2.31. The number of anilines is 1. The average Bonchev–Trinajstić information content (AvgIpc) is 3.17. The second kappa shape index (κ2) is 6.57. The summed E-state index contributed by atoms with van der Waals surface area (Å²) in [7, 11) is 1.63. The highest BCUT2D eigenvalue weighted by atomic mass is 32.1. The van der Waals surface area contributed by atoms with Crippen molar-refractivity contribution in [1.29, 1.82) is 0 Å². The highest BCUT2D eigenvalue weighted by Crippen LogP contribution is 2.16. The Morgan fingerprint density at radius 3 is 2.74 bits per heavy atom. The van der Waals surface area contributed by atoms with E-state index in [0.29, 0.717) is 22.9 Å². The van der Waals surface area contributed by atoms with E-state index in [1.807, 2.05) is 24.3 Å². The molecule has 0 saturated heterocycles. The second-order valence-corrected chi connectivity index (χ2v) is 5.62. The molecule has 23 heavy (non-hydrogen) atoms. The van der Waals surface area contributed by atoms with Gasteiger partial charge in [-0.3, -0.25) is 4.79 Å². The van der Waals surface area contributed by atoms with Gasteiger partial charge in [-0.25, -0.2) is 4.68 Å². The van der Waals surface area contributed by atoms with E-state index in [4.69, 9.17) is 4.74 Å². The third-order valence-electron chi connectivity index (χ3n) is 3.31. The van der Waals surface area contributed by atoms with E-state index >= 15 is 0 Å². The fourth-order valence-electron chi connectivity index (χ4n) is 2.08. The third-order valence-corrected chi connectivity index (χ3v) is 4.13. The van der Waals surface area contributed by atoms with Gasteiger partial charge in [0.15, 0.2) is 0 Å². The number of carbonyl (C=O) groups is 1. The maximum absolute atomic E-state index is 12.2. The van der Waals surface area contributed by atoms with E-state index in [1.54, 1.807) is 31.0 Å². The monoisotopic (exact) mass is 329 g/mol. The molecule has 118 valence electrons. The van der Waals surface area contributed by atoms with Crippen molar-refractivity contribution in [3.8, 4) is 5.75 Å². The molecule has 1 amide bonds. The highest BCUT2D eigenvalue weighted by Gasteiger charge is 2.15. The van der Waals surface area contributed by atoms with Gasteiger partial charge in [-0.1, -0.05) is 16.6 Å². The van der Waals surface area contributed by atoms with Gasteiger partial charge in [-0.15, -0.1) is 5.10 Å². The smallest absolute Gasteiger partial charge is 0.270 e. The number of nitrogens with zero attached hydrogens (tertiary/aromatic N) is 4. The van der Waals surface area contributed by atoms with Crippen LogP contribution in [0.25, 0.3) is 0 Å². The summed E-state index contributed by atoms with van der Waals surface area (Å²) in [6.07, 6.45) is 1.65. The summed E-state index contributed by atoms with van der Waals surface area (Å²) in [5.74, 6) is 1.20. The number of aromatic nitrogens is 4. The lowest BCUT2D eigenvalue weighted by atomic mass is 10.2. The SMILES string of the molecule is COc1ccc(Cn2nccc2NC(=O)c2snnc2C)cc1. The number of amides is 1. The second-order valence-electron chi connectivity index (χ2n) is 4.86. The van der Waals surface area contributed by atoms with E-state index in [-0.39, 0.29) is 5.91 Å². The van der Waals surface area contributed by atoms with Crippen molar-refractivity contribution in [2.75, 3.05) is 12.4 Å².